The largest absolute Gasteiger partial charge is 0.489 e. The molecule has 2 aromatic rings. The van der Waals surface area contributed by atoms with E-state index in [1.165, 1.54) is 5.56 Å². The highest BCUT2D eigenvalue weighted by Gasteiger charge is 2.36. The molecule has 0 aliphatic carbocycles. The number of ether oxygens (including phenoxy) is 1. The topological polar surface area (TPSA) is 49.8 Å². The van der Waals surface area contributed by atoms with Crippen LogP contribution in [-0.4, -0.2) is 23.7 Å². The second kappa shape index (κ2) is 7.12. The first-order valence-corrected chi connectivity index (χ1v) is 9.07. The van der Waals surface area contributed by atoms with E-state index in [4.69, 9.17) is 4.74 Å². The van der Waals surface area contributed by atoms with E-state index < -0.39 is 6.10 Å². The molecule has 2 atom stereocenters. The standard InChI is InChI=1S/C22H27NO3/c1-15-20(24)13-23(21(15)25)18-9-11-19(12-10-18)26-14-16-5-7-17(8-6-16)22(2,3)4/h5-12,15,20,24H,13-14H2,1-4H3. The average Bonchev–Trinajstić information content (AvgIpc) is 2.87. The molecule has 1 aliphatic rings. The predicted octanol–water partition coefficient (Wildman–Crippen LogP) is 3.91. The van der Waals surface area contributed by atoms with Gasteiger partial charge < -0.3 is 14.7 Å². The van der Waals surface area contributed by atoms with E-state index >= 15 is 0 Å². The average molecular weight is 353 g/mol. The normalized spacial score (nSPS) is 20.5. The Balaban J connectivity index is 1.61. The first-order chi connectivity index (χ1) is 12.3. The summed E-state index contributed by atoms with van der Waals surface area (Å²) < 4.78 is 5.85. The number of amides is 1. The third-order valence-corrected chi connectivity index (χ3v) is 4.98. The fourth-order valence-corrected chi connectivity index (χ4v) is 3.07. The van der Waals surface area contributed by atoms with Crippen molar-refractivity contribution in [2.24, 2.45) is 5.92 Å². The highest BCUT2D eigenvalue weighted by atomic mass is 16.5. The van der Waals surface area contributed by atoms with Crippen LogP contribution in [0, 0.1) is 5.92 Å². The van der Waals surface area contributed by atoms with Gasteiger partial charge in [0.25, 0.3) is 0 Å². The molecule has 1 amide bonds. The SMILES string of the molecule is CC1C(=O)N(c2ccc(OCc3ccc(C(C)(C)C)cc3)cc2)CC1O. The highest BCUT2D eigenvalue weighted by Crippen LogP contribution is 2.27. The van der Waals surface area contributed by atoms with Crippen LogP contribution in [0.3, 0.4) is 0 Å². The van der Waals surface area contributed by atoms with Crippen molar-refractivity contribution in [2.75, 3.05) is 11.4 Å². The Morgan fingerprint density at radius 1 is 1.08 bits per heavy atom. The highest BCUT2D eigenvalue weighted by molar-refractivity contribution is 5.97. The van der Waals surface area contributed by atoms with Gasteiger partial charge >= 0.3 is 0 Å². The van der Waals surface area contributed by atoms with Crippen molar-refractivity contribution in [1.82, 2.24) is 0 Å². The molecule has 1 heterocycles. The van der Waals surface area contributed by atoms with Gasteiger partial charge in [-0.2, -0.15) is 0 Å². The molecule has 2 unspecified atom stereocenters. The number of anilines is 1. The lowest BCUT2D eigenvalue weighted by atomic mass is 9.87. The minimum absolute atomic E-state index is 0.0369. The van der Waals surface area contributed by atoms with Gasteiger partial charge in [0.1, 0.15) is 12.4 Å². The lowest BCUT2D eigenvalue weighted by Gasteiger charge is -2.19. The molecule has 4 heteroatoms. The first-order valence-electron chi connectivity index (χ1n) is 9.07. The summed E-state index contributed by atoms with van der Waals surface area (Å²) in [6.07, 6.45) is -0.602. The Hall–Kier alpha value is -2.33. The molecule has 3 rings (SSSR count). The summed E-state index contributed by atoms with van der Waals surface area (Å²) in [6, 6.07) is 15.9. The van der Waals surface area contributed by atoms with Crippen LogP contribution in [0.15, 0.2) is 48.5 Å². The minimum atomic E-state index is -0.602. The quantitative estimate of drug-likeness (QED) is 0.907. The van der Waals surface area contributed by atoms with E-state index in [-0.39, 0.29) is 17.2 Å². The van der Waals surface area contributed by atoms with E-state index in [0.29, 0.717) is 13.2 Å². The van der Waals surface area contributed by atoms with E-state index in [1.54, 1.807) is 11.8 Å². The van der Waals surface area contributed by atoms with Gasteiger partial charge in [-0.1, -0.05) is 52.0 Å². The third kappa shape index (κ3) is 3.91. The smallest absolute Gasteiger partial charge is 0.232 e. The monoisotopic (exact) mass is 353 g/mol. The van der Waals surface area contributed by atoms with Crippen LogP contribution in [0.4, 0.5) is 5.69 Å². The van der Waals surface area contributed by atoms with Crippen LogP contribution in [0.5, 0.6) is 5.75 Å². The summed E-state index contributed by atoms with van der Waals surface area (Å²) in [6.45, 7) is 9.21. The summed E-state index contributed by atoms with van der Waals surface area (Å²) in [5.41, 5.74) is 3.36. The van der Waals surface area contributed by atoms with Gasteiger partial charge in [0.05, 0.1) is 18.6 Å². The van der Waals surface area contributed by atoms with Crippen LogP contribution < -0.4 is 9.64 Å². The molecule has 0 aromatic heterocycles. The van der Waals surface area contributed by atoms with Gasteiger partial charge in [0, 0.05) is 5.69 Å². The molecule has 1 saturated heterocycles. The first kappa shape index (κ1) is 18.5. The van der Waals surface area contributed by atoms with Crippen LogP contribution >= 0.6 is 0 Å². The number of carbonyl (C=O) groups excluding carboxylic acids is 1. The van der Waals surface area contributed by atoms with Crippen molar-refractivity contribution in [3.63, 3.8) is 0 Å². The molecular weight excluding hydrogens is 326 g/mol. The third-order valence-electron chi connectivity index (χ3n) is 4.98. The zero-order valence-electron chi connectivity index (χ0n) is 15.9. The van der Waals surface area contributed by atoms with Crippen molar-refractivity contribution in [1.29, 1.82) is 0 Å². The molecule has 2 aromatic carbocycles. The Bertz CT molecular complexity index is 759. The number of aliphatic hydroxyl groups excluding tert-OH is 1. The van der Waals surface area contributed by atoms with Crippen LogP contribution in [0.1, 0.15) is 38.8 Å². The maximum Gasteiger partial charge on any atom is 0.232 e. The molecule has 0 saturated carbocycles. The Morgan fingerprint density at radius 3 is 2.19 bits per heavy atom. The second-order valence-electron chi connectivity index (χ2n) is 8.03. The van der Waals surface area contributed by atoms with Gasteiger partial charge in [-0.15, -0.1) is 0 Å². The molecule has 0 bridgehead atoms. The molecule has 26 heavy (non-hydrogen) atoms. The molecule has 1 N–H and O–H groups in total. The molecule has 138 valence electrons. The molecule has 1 aliphatic heterocycles. The number of aliphatic hydroxyl groups is 1. The van der Waals surface area contributed by atoms with E-state index in [9.17, 15) is 9.90 Å². The number of β-amino-alcohol motifs (C(OH)–C–C–N with tert-alkyl or cyclic N) is 1. The van der Waals surface area contributed by atoms with Gasteiger partial charge in [-0.05, 0) is 40.8 Å². The second-order valence-corrected chi connectivity index (χ2v) is 8.03. The van der Waals surface area contributed by atoms with E-state index in [2.05, 4.69) is 45.0 Å². The number of hydrogen-bond acceptors (Lipinski definition) is 3. The van der Waals surface area contributed by atoms with E-state index in [0.717, 1.165) is 17.0 Å². The maximum atomic E-state index is 12.1. The summed E-state index contributed by atoms with van der Waals surface area (Å²) in [5, 5.41) is 9.85. The fourth-order valence-electron chi connectivity index (χ4n) is 3.07. The van der Waals surface area contributed by atoms with Crippen molar-refractivity contribution in [3.8, 4) is 5.75 Å². The van der Waals surface area contributed by atoms with Gasteiger partial charge in [-0.3, -0.25) is 4.79 Å². The summed E-state index contributed by atoms with van der Waals surface area (Å²) in [4.78, 5) is 13.8. The van der Waals surface area contributed by atoms with Gasteiger partial charge in [0.15, 0.2) is 0 Å². The summed E-state index contributed by atoms with van der Waals surface area (Å²) >= 11 is 0. The van der Waals surface area contributed by atoms with Crippen molar-refractivity contribution >= 4 is 11.6 Å². The van der Waals surface area contributed by atoms with Crippen molar-refractivity contribution < 1.29 is 14.6 Å². The van der Waals surface area contributed by atoms with Crippen LogP contribution in [0.2, 0.25) is 0 Å². The zero-order chi connectivity index (χ0) is 18.9. The van der Waals surface area contributed by atoms with Crippen LogP contribution in [-0.2, 0) is 16.8 Å². The van der Waals surface area contributed by atoms with Crippen molar-refractivity contribution in [3.05, 3.63) is 59.7 Å². The Labute approximate surface area is 155 Å². The summed E-state index contributed by atoms with van der Waals surface area (Å²) in [5.74, 6) is 0.376. The maximum absolute atomic E-state index is 12.1. The zero-order valence-corrected chi connectivity index (χ0v) is 15.9. The molecular formula is C22H27NO3. The number of hydrogen-bond donors (Lipinski definition) is 1. The van der Waals surface area contributed by atoms with Gasteiger partial charge in [-0.25, -0.2) is 0 Å². The van der Waals surface area contributed by atoms with E-state index in [1.807, 2.05) is 24.3 Å². The minimum Gasteiger partial charge on any atom is -0.489 e. The molecule has 4 nitrogen and oxygen atoms in total. The predicted molar refractivity (Wildman–Crippen MR) is 103 cm³/mol. The molecule has 0 radical (unpaired) electrons. The fraction of sp³-hybridized carbons (Fsp3) is 0.409. The van der Waals surface area contributed by atoms with Crippen LogP contribution in [0.25, 0.3) is 0 Å². The number of nitrogens with zero attached hydrogens (tertiary/aromatic N) is 1. The summed E-state index contributed by atoms with van der Waals surface area (Å²) in [7, 11) is 0. The van der Waals surface area contributed by atoms with Crippen molar-refractivity contribution in [2.45, 2.75) is 45.8 Å². The number of benzene rings is 2. The molecule has 1 fully saturated rings. The lowest BCUT2D eigenvalue weighted by Crippen LogP contribution is -2.26. The molecule has 0 spiro atoms. The Morgan fingerprint density at radius 2 is 1.69 bits per heavy atom. The Kier molecular flexibility index (Phi) is 5.05. The number of rotatable bonds is 4. The number of carbonyl (C=O) groups is 1. The van der Waals surface area contributed by atoms with Gasteiger partial charge in [0.2, 0.25) is 5.91 Å². The lowest BCUT2D eigenvalue weighted by molar-refractivity contribution is -0.121.